The molecule has 2 N–H and O–H groups in total. The highest BCUT2D eigenvalue weighted by Crippen LogP contribution is 2.28. The fraction of sp³-hybridized carbons (Fsp3) is 0.353. The summed E-state index contributed by atoms with van der Waals surface area (Å²) in [6, 6.07) is 10.7. The van der Waals surface area contributed by atoms with Crippen molar-refractivity contribution in [2.45, 2.75) is 12.1 Å². The van der Waals surface area contributed by atoms with E-state index in [9.17, 15) is 0 Å². The molecule has 4 rings (SSSR count). The van der Waals surface area contributed by atoms with Crippen molar-refractivity contribution in [2.75, 3.05) is 32.1 Å². The summed E-state index contributed by atoms with van der Waals surface area (Å²) in [7, 11) is 2.14. The molecule has 124 valence electrons. The molecule has 0 bridgehead atoms. The largest absolute Gasteiger partial charge is 0.373 e. The molecule has 24 heavy (non-hydrogen) atoms. The normalized spacial score (nSPS) is 21.9. The second-order valence-electron chi connectivity index (χ2n) is 5.98. The summed E-state index contributed by atoms with van der Waals surface area (Å²) in [6.45, 7) is 2.33. The molecule has 7 heteroatoms. The molecule has 0 unspecified atom stereocenters. The summed E-state index contributed by atoms with van der Waals surface area (Å²) < 4.78 is 6.06. The Morgan fingerprint density at radius 3 is 3.04 bits per heavy atom. The zero-order chi connectivity index (χ0) is 16.4. The molecule has 2 atom stereocenters. The minimum Gasteiger partial charge on any atom is -0.373 e. The first kappa shape index (κ1) is 15.0. The fourth-order valence-electron chi connectivity index (χ4n) is 3.26. The van der Waals surface area contributed by atoms with Crippen LogP contribution in [0.15, 0.2) is 42.9 Å². The molecule has 0 amide bonds. The summed E-state index contributed by atoms with van der Waals surface area (Å²) in [4.78, 5) is 10.8. The minimum atomic E-state index is 0.0445. The zero-order valence-corrected chi connectivity index (χ0v) is 13.5. The fourth-order valence-corrected chi connectivity index (χ4v) is 3.26. The van der Waals surface area contributed by atoms with Gasteiger partial charge in [-0.2, -0.15) is 5.10 Å². The SMILES string of the molecule is CN1CCO[C@@H](CNc2ncnc3[nH]ncc23)[C@@H]1c1ccccc1. The van der Waals surface area contributed by atoms with E-state index in [1.165, 1.54) is 11.9 Å². The van der Waals surface area contributed by atoms with Crippen LogP contribution >= 0.6 is 0 Å². The van der Waals surface area contributed by atoms with E-state index in [1.54, 1.807) is 6.20 Å². The van der Waals surface area contributed by atoms with E-state index in [0.29, 0.717) is 6.54 Å². The molecule has 0 spiro atoms. The summed E-state index contributed by atoms with van der Waals surface area (Å²) in [6.07, 6.45) is 3.31. The van der Waals surface area contributed by atoms with E-state index in [-0.39, 0.29) is 12.1 Å². The van der Waals surface area contributed by atoms with Crippen LogP contribution in [0.25, 0.3) is 11.0 Å². The van der Waals surface area contributed by atoms with E-state index >= 15 is 0 Å². The quantitative estimate of drug-likeness (QED) is 0.762. The van der Waals surface area contributed by atoms with Crippen LogP contribution in [0.3, 0.4) is 0 Å². The number of ether oxygens (including phenoxy) is 1. The highest BCUT2D eigenvalue weighted by Gasteiger charge is 2.31. The van der Waals surface area contributed by atoms with Crippen LogP contribution < -0.4 is 5.32 Å². The molecule has 2 aromatic heterocycles. The highest BCUT2D eigenvalue weighted by molar-refractivity contribution is 5.85. The van der Waals surface area contributed by atoms with Crippen molar-refractivity contribution in [3.8, 4) is 0 Å². The molecule has 0 radical (unpaired) electrons. The van der Waals surface area contributed by atoms with Gasteiger partial charge in [-0.05, 0) is 12.6 Å². The summed E-state index contributed by atoms with van der Waals surface area (Å²) in [5.74, 6) is 0.775. The van der Waals surface area contributed by atoms with Crippen molar-refractivity contribution in [3.63, 3.8) is 0 Å². The number of likely N-dealkylation sites (N-methyl/N-ethyl adjacent to an activating group) is 1. The number of benzene rings is 1. The smallest absolute Gasteiger partial charge is 0.160 e. The lowest BCUT2D eigenvalue weighted by molar-refractivity contribution is -0.0556. The maximum atomic E-state index is 6.06. The zero-order valence-electron chi connectivity index (χ0n) is 13.5. The number of morpholine rings is 1. The lowest BCUT2D eigenvalue weighted by atomic mass is 9.98. The van der Waals surface area contributed by atoms with Gasteiger partial charge >= 0.3 is 0 Å². The third kappa shape index (κ3) is 2.83. The van der Waals surface area contributed by atoms with Gasteiger partial charge in [-0.25, -0.2) is 9.97 Å². The van der Waals surface area contributed by atoms with Gasteiger partial charge in [0.25, 0.3) is 0 Å². The maximum absolute atomic E-state index is 6.06. The standard InChI is InChI=1S/C17H20N6O/c1-23-7-8-24-14(15(23)12-5-3-2-4-6-12)10-18-16-13-9-21-22-17(13)20-11-19-16/h2-6,9,11,14-15H,7-8,10H2,1H3,(H2,18,19,20,21,22)/t14-,15-/m0/s1. The summed E-state index contributed by atoms with van der Waals surface area (Å²) in [5, 5.41) is 11.2. The Hall–Kier alpha value is -2.51. The lowest BCUT2D eigenvalue weighted by Crippen LogP contribution is -2.46. The number of hydrogen-bond acceptors (Lipinski definition) is 6. The Morgan fingerprint density at radius 2 is 2.17 bits per heavy atom. The highest BCUT2D eigenvalue weighted by atomic mass is 16.5. The van der Waals surface area contributed by atoms with Crippen LogP contribution in [0.1, 0.15) is 11.6 Å². The van der Waals surface area contributed by atoms with Crippen molar-refractivity contribution >= 4 is 16.9 Å². The van der Waals surface area contributed by atoms with Gasteiger partial charge < -0.3 is 10.1 Å². The minimum absolute atomic E-state index is 0.0445. The molecule has 0 aliphatic carbocycles. The Kier molecular flexibility index (Phi) is 4.10. The van der Waals surface area contributed by atoms with Gasteiger partial charge in [-0.1, -0.05) is 30.3 Å². The second-order valence-corrected chi connectivity index (χ2v) is 5.98. The van der Waals surface area contributed by atoms with E-state index < -0.39 is 0 Å². The van der Waals surface area contributed by atoms with Gasteiger partial charge in [0, 0.05) is 13.1 Å². The number of aromatic nitrogens is 4. The predicted molar refractivity (Wildman–Crippen MR) is 91.7 cm³/mol. The lowest BCUT2D eigenvalue weighted by Gasteiger charge is -2.39. The Balaban J connectivity index is 1.54. The van der Waals surface area contributed by atoms with E-state index in [1.807, 2.05) is 6.07 Å². The molecule has 1 fully saturated rings. The molecule has 1 aromatic carbocycles. The molecule has 7 nitrogen and oxygen atoms in total. The van der Waals surface area contributed by atoms with Gasteiger partial charge in [0.05, 0.1) is 30.3 Å². The number of nitrogens with zero attached hydrogens (tertiary/aromatic N) is 4. The third-order valence-electron chi connectivity index (χ3n) is 4.46. The van der Waals surface area contributed by atoms with E-state index in [0.717, 1.165) is 30.0 Å². The first-order chi connectivity index (χ1) is 11.8. The van der Waals surface area contributed by atoms with Crippen molar-refractivity contribution < 1.29 is 4.74 Å². The molecular weight excluding hydrogens is 304 g/mol. The number of nitrogens with one attached hydrogen (secondary N) is 2. The second kappa shape index (κ2) is 6.54. The molecule has 0 saturated carbocycles. The van der Waals surface area contributed by atoms with E-state index in [2.05, 4.69) is 61.7 Å². The number of rotatable bonds is 4. The Labute approximate surface area is 140 Å². The summed E-state index contributed by atoms with van der Waals surface area (Å²) in [5.41, 5.74) is 2.00. The maximum Gasteiger partial charge on any atom is 0.160 e. The van der Waals surface area contributed by atoms with E-state index in [4.69, 9.17) is 4.74 Å². The molecular formula is C17H20N6O. The number of aromatic amines is 1. The van der Waals surface area contributed by atoms with Gasteiger partial charge in [0.15, 0.2) is 5.65 Å². The molecule has 1 saturated heterocycles. The monoisotopic (exact) mass is 324 g/mol. The van der Waals surface area contributed by atoms with Crippen LogP contribution in [-0.2, 0) is 4.74 Å². The summed E-state index contributed by atoms with van der Waals surface area (Å²) >= 11 is 0. The van der Waals surface area contributed by atoms with Crippen LogP contribution in [0.2, 0.25) is 0 Å². The van der Waals surface area contributed by atoms with Crippen molar-refractivity contribution in [2.24, 2.45) is 0 Å². The predicted octanol–water partition coefficient (Wildman–Crippen LogP) is 1.84. The van der Waals surface area contributed by atoms with Crippen LogP contribution in [0.4, 0.5) is 5.82 Å². The van der Waals surface area contributed by atoms with Crippen molar-refractivity contribution in [3.05, 3.63) is 48.4 Å². The first-order valence-corrected chi connectivity index (χ1v) is 8.07. The number of fused-ring (bicyclic) bond motifs is 1. The van der Waals surface area contributed by atoms with Crippen LogP contribution in [-0.4, -0.2) is 57.9 Å². The number of H-pyrrole nitrogens is 1. The van der Waals surface area contributed by atoms with Crippen LogP contribution in [0, 0.1) is 0 Å². The topological polar surface area (TPSA) is 79.0 Å². The third-order valence-corrected chi connectivity index (χ3v) is 4.46. The average Bonchev–Trinajstić information content (AvgIpc) is 3.10. The first-order valence-electron chi connectivity index (χ1n) is 8.07. The molecule has 3 aromatic rings. The number of hydrogen-bond donors (Lipinski definition) is 2. The van der Waals surface area contributed by atoms with Gasteiger partial charge in [-0.3, -0.25) is 10.00 Å². The number of anilines is 1. The van der Waals surface area contributed by atoms with Crippen molar-refractivity contribution in [1.82, 2.24) is 25.1 Å². The van der Waals surface area contributed by atoms with Crippen LogP contribution in [0.5, 0.6) is 0 Å². The van der Waals surface area contributed by atoms with Gasteiger partial charge in [-0.15, -0.1) is 0 Å². The van der Waals surface area contributed by atoms with Crippen molar-refractivity contribution in [1.29, 1.82) is 0 Å². The average molecular weight is 324 g/mol. The van der Waals surface area contributed by atoms with Gasteiger partial charge in [0.1, 0.15) is 12.1 Å². The molecule has 3 heterocycles. The molecule has 1 aliphatic rings. The Morgan fingerprint density at radius 1 is 1.29 bits per heavy atom. The van der Waals surface area contributed by atoms with Gasteiger partial charge in [0.2, 0.25) is 0 Å². The molecule has 1 aliphatic heterocycles. The Bertz CT molecular complexity index is 805.